The van der Waals surface area contributed by atoms with Crippen LogP contribution in [0.5, 0.6) is 0 Å². The van der Waals surface area contributed by atoms with Crippen LogP contribution < -0.4 is 4.90 Å². The van der Waals surface area contributed by atoms with Crippen LogP contribution in [0.3, 0.4) is 0 Å². The second-order valence-corrected chi connectivity index (χ2v) is 9.45. The van der Waals surface area contributed by atoms with E-state index < -0.39 is 32.8 Å². The topological polar surface area (TPSA) is 63.2 Å². The summed E-state index contributed by atoms with van der Waals surface area (Å²) >= 11 is 6.83. The van der Waals surface area contributed by atoms with Crippen LogP contribution >= 0.6 is 23.4 Å². The number of halogens is 5. The number of nitrogens with zero attached hydrogens (tertiary/aromatic N) is 3. The fourth-order valence-electron chi connectivity index (χ4n) is 2.89. The lowest BCUT2D eigenvalue weighted by Gasteiger charge is -2.19. The van der Waals surface area contributed by atoms with Crippen LogP contribution in [0.1, 0.15) is 12.1 Å². The standard InChI is InChI=1S/C16H14ClF4N3O2S2/c1-27-15-22-13(16(19,20)21)7-14(23-15)24-5-4-10(8-24)28(25,26)12-3-2-9(18)6-11(12)17/h2-3,6-7,10H,4-5,8H2,1H3. The van der Waals surface area contributed by atoms with Gasteiger partial charge in [-0.2, -0.15) is 13.2 Å². The van der Waals surface area contributed by atoms with E-state index in [1.165, 1.54) is 4.90 Å². The van der Waals surface area contributed by atoms with Crippen molar-refractivity contribution in [3.05, 3.63) is 40.8 Å². The monoisotopic (exact) mass is 455 g/mol. The van der Waals surface area contributed by atoms with Gasteiger partial charge < -0.3 is 4.90 Å². The number of anilines is 1. The third-order valence-electron chi connectivity index (χ3n) is 4.27. The molecule has 0 amide bonds. The summed E-state index contributed by atoms with van der Waals surface area (Å²) in [7, 11) is -3.89. The van der Waals surface area contributed by atoms with Crippen LogP contribution in [0.25, 0.3) is 0 Å². The van der Waals surface area contributed by atoms with Crippen molar-refractivity contribution in [2.24, 2.45) is 0 Å². The maximum absolute atomic E-state index is 13.2. The van der Waals surface area contributed by atoms with Crippen molar-refractivity contribution in [2.75, 3.05) is 24.2 Å². The largest absolute Gasteiger partial charge is 0.433 e. The maximum Gasteiger partial charge on any atom is 0.433 e. The lowest BCUT2D eigenvalue weighted by molar-refractivity contribution is -0.141. The minimum Gasteiger partial charge on any atom is -0.355 e. The zero-order chi connectivity index (χ0) is 20.7. The lowest BCUT2D eigenvalue weighted by atomic mass is 10.3. The molecular formula is C16H14ClF4N3O2S2. The summed E-state index contributed by atoms with van der Waals surface area (Å²) in [4.78, 5) is 8.80. The molecule has 3 rings (SSSR count). The summed E-state index contributed by atoms with van der Waals surface area (Å²) in [6, 6.07) is 3.80. The smallest absolute Gasteiger partial charge is 0.355 e. The molecule has 0 radical (unpaired) electrons. The lowest BCUT2D eigenvalue weighted by Crippen LogP contribution is -2.28. The first-order valence-electron chi connectivity index (χ1n) is 7.96. The molecule has 1 fully saturated rings. The number of benzene rings is 1. The van der Waals surface area contributed by atoms with E-state index in [0.717, 1.165) is 36.0 Å². The number of alkyl halides is 3. The highest BCUT2D eigenvalue weighted by Gasteiger charge is 2.38. The molecule has 1 aromatic heterocycles. The normalized spacial score (nSPS) is 17.9. The highest BCUT2D eigenvalue weighted by Crippen LogP contribution is 2.34. The van der Waals surface area contributed by atoms with Gasteiger partial charge >= 0.3 is 6.18 Å². The van der Waals surface area contributed by atoms with Crippen LogP contribution in [0.4, 0.5) is 23.4 Å². The molecule has 28 heavy (non-hydrogen) atoms. The van der Waals surface area contributed by atoms with Crippen LogP contribution in [0.15, 0.2) is 34.3 Å². The Morgan fingerprint density at radius 1 is 1.25 bits per heavy atom. The van der Waals surface area contributed by atoms with E-state index >= 15 is 0 Å². The molecule has 0 spiro atoms. The van der Waals surface area contributed by atoms with E-state index in [0.29, 0.717) is 0 Å². The molecule has 0 aliphatic carbocycles. The molecule has 2 aromatic rings. The second-order valence-electron chi connectivity index (χ2n) is 6.07. The Morgan fingerprint density at radius 2 is 1.96 bits per heavy atom. The van der Waals surface area contributed by atoms with Crippen LogP contribution in [-0.2, 0) is 16.0 Å². The van der Waals surface area contributed by atoms with Crippen molar-refractivity contribution in [2.45, 2.75) is 27.9 Å². The van der Waals surface area contributed by atoms with Crippen molar-refractivity contribution < 1.29 is 26.0 Å². The van der Waals surface area contributed by atoms with Crippen LogP contribution in [-0.4, -0.2) is 43.0 Å². The first-order chi connectivity index (χ1) is 13.0. The van der Waals surface area contributed by atoms with Crippen LogP contribution in [0.2, 0.25) is 5.02 Å². The van der Waals surface area contributed by atoms with E-state index in [4.69, 9.17) is 11.6 Å². The predicted octanol–water partition coefficient (Wildman–Crippen LogP) is 4.06. The average Bonchev–Trinajstić information content (AvgIpc) is 3.11. The average molecular weight is 456 g/mol. The van der Waals surface area contributed by atoms with E-state index in [1.54, 1.807) is 6.26 Å². The molecule has 1 aliphatic rings. The SMILES string of the molecule is CSc1nc(N2CCC(S(=O)(=O)c3ccc(F)cc3Cl)C2)cc(C(F)(F)F)n1. The second kappa shape index (κ2) is 7.68. The van der Waals surface area contributed by atoms with Crippen molar-refractivity contribution >= 4 is 39.0 Å². The first-order valence-corrected chi connectivity index (χ1v) is 11.1. The fourth-order valence-corrected chi connectivity index (χ4v) is 5.49. The molecule has 1 aromatic carbocycles. The number of hydrogen-bond donors (Lipinski definition) is 0. The molecule has 1 aliphatic heterocycles. The molecule has 0 N–H and O–H groups in total. The van der Waals surface area contributed by atoms with E-state index in [1.807, 2.05) is 0 Å². The Bertz CT molecular complexity index is 1000. The summed E-state index contributed by atoms with van der Waals surface area (Å²) in [6.45, 7) is 0.142. The van der Waals surface area contributed by atoms with Gasteiger partial charge in [-0.3, -0.25) is 0 Å². The predicted molar refractivity (Wildman–Crippen MR) is 98.0 cm³/mol. The Labute approximate surface area is 168 Å². The molecule has 152 valence electrons. The highest BCUT2D eigenvalue weighted by atomic mass is 35.5. The third-order valence-corrected chi connectivity index (χ3v) is 7.48. The Kier molecular flexibility index (Phi) is 5.79. The highest BCUT2D eigenvalue weighted by molar-refractivity contribution is 7.98. The van der Waals surface area contributed by atoms with Gasteiger partial charge in [0.05, 0.1) is 15.2 Å². The van der Waals surface area contributed by atoms with Crippen molar-refractivity contribution in [3.8, 4) is 0 Å². The summed E-state index contributed by atoms with van der Waals surface area (Å²) < 4.78 is 78.1. The zero-order valence-electron chi connectivity index (χ0n) is 14.4. The molecule has 1 saturated heterocycles. The summed E-state index contributed by atoms with van der Waals surface area (Å²) in [6.07, 6.45) is -2.92. The minimum atomic E-state index is -4.64. The van der Waals surface area contributed by atoms with Gasteiger partial charge in [-0.1, -0.05) is 23.4 Å². The van der Waals surface area contributed by atoms with Gasteiger partial charge in [-0.25, -0.2) is 22.8 Å². The Hall–Kier alpha value is -1.59. The molecule has 2 heterocycles. The number of thioether (sulfide) groups is 1. The molecule has 12 heteroatoms. The quantitative estimate of drug-likeness (QED) is 0.300. The third kappa shape index (κ3) is 4.20. The molecule has 5 nitrogen and oxygen atoms in total. The summed E-state index contributed by atoms with van der Waals surface area (Å²) in [5.41, 5.74) is -1.09. The van der Waals surface area contributed by atoms with Gasteiger partial charge in [0.15, 0.2) is 20.7 Å². The fraction of sp³-hybridized carbons (Fsp3) is 0.375. The first kappa shape index (κ1) is 21.1. The van der Waals surface area contributed by atoms with Gasteiger partial charge in [-0.05, 0) is 30.9 Å². The number of rotatable bonds is 4. The maximum atomic E-state index is 13.2. The molecule has 1 atom stereocenters. The van der Waals surface area contributed by atoms with Gasteiger partial charge in [0.25, 0.3) is 0 Å². The number of sulfone groups is 1. The summed E-state index contributed by atoms with van der Waals surface area (Å²) in [5, 5.41) is -1.19. The number of hydrogen-bond acceptors (Lipinski definition) is 6. The van der Waals surface area contributed by atoms with Gasteiger partial charge in [0, 0.05) is 19.2 Å². The van der Waals surface area contributed by atoms with Gasteiger partial charge in [0.2, 0.25) is 0 Å². The van der Waals surface area contributed by atoms with E-state index in [9.17, 15) is 26.0 Å². The van der Waals surface area contributed by atoms with Gasteiger partial charge in [0.1, 0.15) is 11.6 Å². The minimum absolute atomic E-state index is 0.00887. The summed E-state index contributed by atoms with van der Waals surface area (Å²) in [5.74, 6) is -0.656. The van der Waals surface area contributed by atoms with Crippen LogP contribution in [0, 0.1) is 5.82 Å². The van der Waals surface area contributed by atoms with Crippen molar-refractivity contribution in [1.82, 2.24) is 9.97 Å². The Morgan fingerprint density at radius 3 is 2.57 bits per heavy atom. The van der Waals surface area contributed by atoms with E-state index in [2.05, 4.69) is 9.97 Å². The molecule has 0 saturated carbocycles. The van der Waals surface area contributed by atoms with Crippen molar-refractivity contribution in [1.29, 1.82) is 0 Å². The van der Waals surface area contributed by atoms with Crippen molar-refractivity contribution in [3.63, 3.8) is 0 Å². The molecule has 0 bridgehead atoms. The Balaban J connectivity index is 1.89. The molecular weight excluding hydrogens is 442 g/mol. The van der Waals surface area contributed by atoms with Gasteiger partial charge in [-0.15, -0.1) is 0 Å². The number of aromatic nitrogens is 2. The molecule has 1 unspecified atom stereocenters. The zero-order valence-corrected chi connectivity index (χ0v) is 16.8. The van der Waals surface area contributed by atoms with E-state index in [-0.39, 0.29) is 40.4 Å².